The molecule has 4 N–H and O–H groups in total. The number of nitrogens with zero attached hydrogens (tertiary/aromatic N) is 7. The van der Waals surface area contributed by atoms with Gasteiger partial charge in [0.1, 0.15) is 50.4 Å². The predicted molar refractivity (Wildman–Crippen MR) is 425 cm³/mol. The first-order chi connectivity index (χ1) is 51.6. The fourth-order valence-corrected chi connectivity index (χ4v) is 12.6. The van der Waals surface area contributed by atoms with Crippen molar-refractivity contribution in [2.24, 2.45) is 10.2 Å². The maximum absolute atomic E-state index is 15.6. The van der Waals surface area contributed by atoms with E-state index in [1.807, 2.05) is 0 Å². The fraction of sp³-hybridized carbons (Fsp3) is 0.840. The number of azide groups is 2. The van der Waals surface area contributed by atoms with Crippen molar-refractivity contribution in [2.75, 3.05) is 13.1 Å². The van der Waals surface area contributed by atoms with E-state index in [4.69, 9.17) is 42.6 Å². The lowest BCUT2D eigenvalue weighted by molar-refractivity contribution is -0.158. The van der Waals surface area contributed by atoms with Crippen LogP contribution in [0.2, 0.25) is 0 Å². The van der Waals surface area contributed by atoms with E-state index in [0.717, 1.165) is 0 Å². The minimum absolute atomic E-state index is 0.218. The fourth-order valence-electron chi connectivity index (χ4n) is 12.6. The molecule has 2 unspecified atom stereocenters. The molecular weight excluding hydrogens is 1480 g/mol. The van der Waals surface area contributed by atoms with Crippen LogP contribution in [0.25, 0.3) is 20.9 Å². The van der Waals surface area contributed by atoms with E-state index < -0.39 is 201 Å². The molecule has 0 aromatic carbocycles. The van der Waals surface area contributed by atoms with Gasteiger partial charge in [-0.25, -0.2) is 4.79 Å². The highest BCUT2D eigenvalue weighted by atomic mass is 16.6. The van der Waals surface area contributed by atoms with Crippen LogP contribution in [0.4, 0.5) is 4.79 Å². The number of likely N-dealkylation sites (tertiary alicyclic amines) is 1. The van der Waals surface area contributed by atoms with Gasteiger partial charge in [0.25, 0.3) is 0 Å². The first-order valence-electron chi connectivity index (χ1n) is 39.6. The van der Waals surface area contributed by atoms with E-state index in [-0.39, 0.29) is 129 Å². The standard InChI is InChI=1S/C81H139N11O22/c1-69(2,3)106-59(96)31-43-78(44-32-60(97)107-70(4,5)6,45-33-61(98)108-71(7,8)9)84-56(93)28-40-81(87-68(105)92-52-54(88-90-82)55(53-92)89-91-83,41-29-57(94)85-79(46-34-62(99)109-72(10,11)12,47-35-63(100)110-73(13,14)15)48-36-64(101)111-74(16,17)18)42-30-58(95)86-80(49-37-65(102)112-75(19,20)21,50-38-66(103)113-76(22,23)24)51-39-67(104)114-77(25,26)27/h54-55H,28-53H2,1-27H3,(H,84,93)(H,85,94)(H,86,95)(H,87,105). The van der Waals surface area contributed by atoms with Crippen LogP contribution >= 0.6 is 0 Å². The number of carbonyl (C=O) groups is 13. The van der Waals surface area contributed by atoms with Crippen molar-refractivity contribution in [3.05, 3.63) is 20.9 Å². The minimum Gasteiger partial charge on any atom is -0.460 e. The van der Waals surface area contributed by atoms with Gasteiger partial charge in [0.05, 0.1) is 12.1 Å². The van der Waals surface area contributed by atoms with Gasteiger partial charge < -0.3 is 68.8 Å². The molecule has 0 aromatic rings. The van der Waals surface area contributed by atoms with Gasteiger partial charge in [-0.05, 0) is 275 Å². The highest BCUT2D eigenvalue weighted by Crippen LogP contribution is 2.36. The summed E-state index contributed by atoms with van der Waals surface area (Å²) in [6, 6.07) is -3.14. The number of rotatable bonds is 42. The maximum atomic E-state index is 15.6. The SMILES string of the molecule is CC(C)(C)OC(=O)CCC(CCC(=O)OC(C)(C)C)(CCC(=O)OC(C)(C)C)NC(=O)CCC(CCC(=O)NC(CCC(=O)OC(C)(C)C)(CCC(=O)OC(C)(C)C)CCC(=O)OC(C)(C)C)(CCC(=O)NC(CCC(=O)OC(C)(C)C)(CCC(=O)OC(C)(C)C)CCC(=O)OC(C)(C)C)NC(=O)N1CC(N=[N+]=[N-])C(N=[N+]=[N-])C1. The molecule has 0 radical (unpaired) electrons. The van der Waals surface area contributed by atoms with Crippen LogP contribution in [0, 0.1) is 0 Å². The molecule has 2 atom stereocenters. The zero-order chi connectivity index (χ0) is 88.1. The molecule has 1 fully saturated rings. The Morgan fingerprint density at radius 3 is 0.544 bits per heavy atom. The molecule has 0 aliphatic carbocycles. The van der Waals surface area contributed by atoms with Crippen LogP contribution in [0.5, 0.6) is 0 Å². The molecule has 33 heteroatoms. The lowest BCUT2D eigenvalue weighted by atomic mass is 9.80. The van der Waals surface area contributed by atoms with Crippen molar-refractivity contribution < 1.29 is 105 Å². The van der Waals surface area contributed by atoms with Crippen molar-refractivity contribution in [2.45, 2.75) is 426 Å². The molecule has 114 heavy (non-hydrogen) atoms. The molecule has 1 rings (SSSR count). The van der Waals surface area contributed by atoms with Crippen molar-refractivity contribution in [1.29, 1.82) is 0 Å². The summed E-state index contributed by atoms with van der Waals surface area (Å²) in [6.45, 7) is 44.2. The Balaban J connectivity index is 4.91. The van der Waals surface area contributed by atoms with Crippen LogP contribution in [-0.2, 0) is 100 Å². The Morgan fingerprint density at radius 1 is 0.263 bits per heavy atom. The van der Waals surface area contributed by atoms with Crippen molar-refractivity contribution in [1.82, 2.24) is 26.2 Å². The van der Waals surface area contributed by atoms with Gasteiger partial charge in [0.2, 0.25) is 17.7 Å². The van der Waals surface area contributed by atoms with Gasteiger partial charge in [-0.1, -0.05) is 10.2 Å². The monoisotopic (exact) mass is 1620 g/mol. The molecule has 1 saturated heterocycles. The number of hydrogen-bond acceptors (Lipinski definition) is 24. The van der Waals surface area contributed by atoms with Gasteiger partial charge >= 0.3 is 59.8 Å². The van der Waals surface area contributed by atoms with Gasteiger partial charge in [0.15, 0.2) is 0 Å². The molecule has 0 aromatic heterocycles. The molecule has 650 valence electrons. The second kappa shape index (κ2) is 43.5. The van der Waals surface area contributed by atoms with E-state index in [1.165, 1.54) is 4.90 Å². The van der Waals surface area contributed by atoms with Crippen molar-refractivity contribution in [3.63, 3.8) is 0 Å². The van der Waals surface area contributed by atoms with E-state index in [9.17, 15) is 54.2 Å². The summed E-state index contributed by atoms with van der Waals surface area (Å²) in [6.07, 6.45) is -8.41. The van der Waals surface area contributed by atoms with E-state index in [2.05, 4.69) is 41.3 Å². The van der Waals surface area contributed by atoms with Gasteiger partial charge in [0, 0.05) is 122 Å². The number of ether oxygens (including phenoxy) is 9. The van der Waals surface area contributed by atoms with Gasteiger partial charge in [-0.15, -0.1) is 0 Å². The minimum atomic E-state index is -1.96. The molecule has 0 saturated carbocycles. The van der Waals surface area contributed by atoms with Crippen LogP contribution in [0.15, 0.2) is 10.2 Å². The average Bonchev–Trinajstić information content (AvgIpc) is 1.68. The lowest BCUT2D eigenvalue weighted by Gasteiger charge is -2.40. The first kappa shape index (κ1) is 104. The Morgan fingerprint density at radius 2 is 0.404 bits per heavy atom. The highest BCUT2D eigenvalue weighted by molar-refractivity contribution is 5.82. The predicted octanol–water partition coefficient (Wildman–Crippen LogP) is 14.1. The van der Waals surface area contributed by atoms with Crippen LogP contribution in [0.3, 0.4) is 0 Å². The van der Waals surface area contributed by atoms with E-state index in [0.29, 0.717) is 0 Å². The van der Waals surface area contributed by atoms with Crippen LogP contribution in [0.1, 0.15) is 341 Å². The number of carbonyl (C=O) groups excluding carboxylic acids is 13. The van der Waals surface area contributed by atoms with E-state index in [1.54, 1.807) is 187 Å². The third-order valence-electron chi connectivity index (χ3n) is 17.1. The molecule has 0 spiro atoms. The number of hydrogen-bond donors (Lipinski definition) is 4. The Labute approximate surface area is 675 Å². The summed E-state index contributed by atoms with van der Waals surface area (Å²) < 4.78 is 51.5. The van der Waals surface area contributed by atoms with Crippen LogP contribution < -0.4 is 21.3 Å². The zero-order valence-corrected chi connectivity index (χ0v) is 73.7. The summed E-state index contributed by atoms with van der Waals surface area (Å²) in [5.74, 6) is -8.59. The summed E-state index contributed by atoms with van der Waals surface area (Å²) in [5, 5.41) is 19.8. The third-order valence-corrected chi connectivity index (χ3v) is 17.1. The number of esters is 9. The van der Waals surface area contributed by atoms with Crippen molar-refractivity contribution in [3.8, 4) is 0 Å². The smallest absolute Gasteiger partial charge is 0.317 e. The largest absolute Gasteiger partial charge is 0.460 e. The van der Waals surface area contributed by atoms with Crippen LogP contribution in [-0.4, -0.2) is 180 Å². The Bertz CT molecular complexity index is 2830. The maximum Gasteiger partial charge on any atom is 0.317 e. The zero-order valence-electron chi connectivity index (χ0n) is 73.7. The summed E-state index contributed by atoms with van der Waals surface area (Å²) in [5.41, 5.74) is 3.82. The quantitative estimate of drug-likeness (QED) is 0.0145. The average molecular weight is 1620 g/mol. The number of amides is 5. The van der Waals surface area contributed by atoms with Gasteiger partial charge in [-0.3, -0.25) is 57.5 Å². The molecule has 1 aliphatic heterocycles. The second-order valence-electron chi connectivity index (χ2n) is 38.9. The molecule has 1 heterocycles. The topological polar surface area (TPSA) is 454 Å². The lowest BCUT2D eigenvalue weighted by Crippen LogP contribution is -2.56. The highest BCUT2D eigenvalue weighted by Gasteiger charge is 2.44. The summed E-state index contributed by atoms with van der Waals surface area (Å²) in [4.78, 5) is 193. The first-order valence-corrected chi connectivity index (χ1v) is 39.6. The molecule has 1 aliphatic rings. The summed E-state index contributed by atoms with van der Waals surface area (Å²) in [7, 11) is 0. The second-order valence-corrected chi connectivity index (χ2v) is 38.9. The van der Waals surface area contributed by atoms with Gasteiger partial charge in [-0.2, -0.15) is 0 Å². The van der Waals surface area contributed by atoms with Crippen molar-refractivity contribution >= 4 is 77.5 Å². The number of nitrogens with one attached hydrogen (secondary N) is 4. The molecular formula is C81H139N11O22. The Hall–Kier alpha value is -8.47. The normalized spacial score (nSPS) is 14.8. The Kier molecular flexibility index (Phi) is 39.5. The molecule has 33 nitrogen and oxygen atoms in total. The molecule has 5 amide bonds. The summed E-state index contributed by atoms with van der Waals surface area (Å²) >= 11 is 0. The third kappa shape index (κ3) is 48.0. The molecule has 0 bridgehead atoms. The number of urea groups is 1. The van der Waals surface area contributed by atoms with E-state index >= 15 is 19.2 Å².